The summed E-state index contributed by atoms with van der Waals surface area (Å²) < 4.78 is 22.9. The standard InChI is InChI=1S/C13H18N2O3S/c1-9-5-6-12(19(14,17)18)11(7-9)13(16)15-8-10-3-2-4-10/h5-7,10H,2-4,8H2,1H3,(H,15,16)(H2,14,17,18). The van der Waals surface area contributed by atoms with Crippen molar-refractivity contribution in [2.75, 3.05) is 6.54 Å². The topological polar surface area (TPSA) is 89.3 Å². The van der Waals surface area contributed by atoms with Crippen LogP contribution >= 0.6 is 0 Å². The first-order chi connectivity index (χ1) is 8.88. The molecule has 0 atom stereocenters. The molecule has 104 valence electrons. The third-order valence-electron chi connectivity index (χ3n) is 3.46. The lowest BCUT2D eigenvalue weighted by Gasteiger charge is -2.25. The van der Waals surface area contributed by atoms with E-state index in [1.165, 1.54) is 12.5 Å². The van der Waals surface area contributed by atoms with Crippen LogP contribution in [0.2, 0.25) is 0 Å². The van der Waals surface area contributed by atoms with E-state index in [-0.39, 0.29) is 16.4 Å². The molecule has 0 heterocycles. The zero-order chi connectivity index (χ0) is 14.0. The molecule has 3 N–H and O–H groups in total. The van der Waals surface area contributed by atoms with Crippen LogP contribution in [0.25, 0.3) is 0 Å². The molecule has 2 rings (SSSR count). The number of aryl methyl sites for hydroxylation is 1. The molecular weight excluding hydrogens is 264 g/mol. The van der Waals surface area contributed by atoms with Gasteiger partial charge in [-0.05, 0) is 37.8 Å². The molecule has 0 saturated heterocycles. The highest BCUT2D eigenvalue weighted by atomic mass is 32.2. The maximum atomic E-state index is 12.1. The Balaban J connectivity index is 2.21. The van der Waals surface area contributed by atoms with Gasteiger partial charge in [0.2, 0.25) is 10.0 Å². The highest BCUT2D eigenvalue weighted by Crippen LogP contribution is 2.25. The van der Waals surface area contributed by atoms with E-state index < -0.39 is 10.0 Å². The maximum absolute atomic E-state index is 12.1. The van der Waals surface area contributed by atoms with Crippen LogP contribution in [0.3, 0.4) is 0 Å². The van der Waals surface area contributed by atoms with Gasteiger partial charge in [0.1, 0.15) is 0 Å². The molecule has 1 fully saturated rings. The van der Waals surface area contributed by atoms with Crippen molar-refractivity contribution >= 4 is 15.9 Å². The van der Waals surface area contributed by atoms with E-state index in [9.17, 15) is 13.2 Å². The number of benzene rings is 1. The first-order valence-electron chi connectivity index (χ1n) is 6.29. The second-order valence-corrected chi connectivity index (χ2v) is 6.58. The van der Waals surface area contributed by atoms with Crippen molar-refractivity contribution in [2.45, 2.75) is 31.1 Å². The fourth-order valence-electron chi connectivity index (χ4n) is 2.10. The predicted octanol–water partition coefficient (Wildman–Crippen LogP) is 1.17. The summed E-state index contributed by atoms with van der Waals surface area (Å²) in [5.41, 5.74) is 0.947. The number of nitrogens with one attached hydrogen (secondary N) is 1. The Labute approximate surface area is 113 Å². The summed E-state index contributed by atoms with van der Waals surface area (Å²) in [4.78, 5) is 12.0. The van der Waals surface area contributed by atoms with Crippen LogP contribution in [0.4, 0.5) is 0 Å². The Kier molecular flexibility index (Phi) is 3.91. The van der Waals surface area contributed by atoms with Crippen LogP contribution in [-0.2, 0) is 10.0 Å². The fourth-order valence-corrected chi connectivity index (χ4v) is 2.81. The molecule has 0 aliphatic heterocycles. The van der Waals surface area contributed by atoms with Gasteiger partial charge in [-0.1, -0.05) is 18.1 Å². The maximum Gasteiger partial charge on any atom is 0.252 e. The van der Waals surface area contributed by atoms with E-state index in [1.807, 2.05) is 0 Å². The summed E-state index contributed by atoms with van der Waals surface area (Å²) in [6, 6.07) is 4.56. The molecule has 1 aliphatic carbocycles. The van der Waals surface area contributed by atoms with Crippen molar-refractivity contribution in [1.29, 1.82) is 0 Å². The molecular formula is C13H18N2O3S. The van der Waals surface area contributed by atoms with Crippen molar-refractivity contribution < 1.29 is 13.2 Å². The van der Waals surface area contributed by atoms with E-state index >= 15 is 0 Å². The van der Waals surface area contributed by atoms with Gasteiger partial charge in [0, 0.05) is 6.54 Å². The van der Waals surface area contributed by atoms with E-state index in [2.05, 4.69) is 5.32 Å². The summed E-state index contributed by atoms with van der Waals surface area (Å²) in [7, 11) is -3.89. The van der Waals surface area contributed by atoms with Crippen LogP contribution in [0, 0.1) is 12.8 Å². The average molecular weight is 282 g/mol. The number of sulfonamides is 1. The minimum Gasteiger partial charge on any atom is -0.352 e. The fraction of sp³-hybridized carbons (Fsp3) is 0.462. The van der Waals surface area contributed by atoms with Gasteiger partial charge >= 0.3 is 0 Å². The number of primary sulfonamides is 1. The molecule has 0 unspecified atom stereocenters. The van der Waals surface area contributed by atoms with Crippen molar-refractivity contribution in [2.24, 2.45) is 11.1 Å². The van der Waals surface area contributed by atoms with Gasteiger partial charge in [-0.3, -0.25) is 4.79 Å². The first kappa shape index (κ1) is 14.0. The number of carbonyl (C=O) groups is 1. The molecule has 1 saturated carbocycles. The molecule has 1 amide bonds. The second kappa shape index (κ2) is 5.30. The summed E-state index contributed by atoms with van der Waals surface area (Å²) >= 11 is 0. The summed E-state index contributed by atoms with van der Waals surface area (Å²) in [5, 5.41) is 7.91. The Morgan fingerprint density at radius 3 is 2.63 bits per heavy atom. The summed E-state index contributed by atoms with van der Waals surface area (Å²) in [5.74, 6) is 0.145. The number of nitrogens with two attached hydrogens (primary N) is 1. The first-order valence-corrected chi connectivity index (χ1v) is 7.84. The summed E-state index contributed by atoms with van der Waals surface area (Å²) in [6.45, 7) is 2.40. The third kappa shape index (κ3) is 3.33. The molecule has 1 aromatic carbocycles. The van der Waals surface area contributed by atoms with Crippen molar-refractivity contribution in [3.05, 3.63) is 29.3 Å². The zero-order valence-corrected chi connectivity index (χ0v) is 11.7. The Morgan fingerprint density at radius 1 is 1.42 bits per heavy atom. The van der Waals surface area contributed by atoms with Crippen LogP contribution in [-0.4, -0.2) is 20.9 Å². The number of hydrogen-bond acceptors (Lipinski definition) is 3. The van der Waals surface area contributed by atoms with Crippen molar-refractivity contribution in [1.82, 2.24) is 5.32 Å². The largest absolute Gasteiger partial charge is 0.352 e. The lowest BCUT2D eigenvalue weighted by Crippen LogP contribution is -2.33. The van der Waals surface area contributed by atoms with Crippen LogP contribution in [0.15, 0.2) is 23.1 Å². The van der Waals surface area contributed by atoms with Crippen molar-refractivity contribution in [3.63, 3.8) is 0 Å². The smallest absolute Gasteiger partial charge is 0.252 e. The van der Waals surface area contributed by atoms with Gasteiger partial charge in [-0.25, -0.2) is 13.6 Å². The second-order valence-electron chi connectivity index (χ2n) is 5.05. The Hall–Kier alpha value is -1.40. The number of hydrogen-bond donors (Lipinski definition) is 2. The SMILES string of the molecule is Cc1ccc(S(N)(=O)=O)c(C(=O)NCC2CCC2)c1. The predicted molar refractivity (Wildman–Crippen MR) is 72.2 cm³/mol. The average Bonchev–Trinajstić information content (AvgIpc) is 2.24. The molecule has 0 radical (unpaired) electrons. The lowest BCUT2D eigenvalue weighted by molar-refractivity contribution is 0.0935. The minimum absolute atomic E-state index is 0.121. The van der Waals surface area contributed by atoms with E-state index in [0.717, 1.165) is 18.4 Å². The van der Waals surface area contributed by atoms with Crippen LogP contribution in [0.5, 0.6) is 0 Å². The lowest BCUT2D eigenvalue weighted by atomic mass is 9.85. The molecule has 0 bridgehead atoms. The highest BCUT2D eigenvalue weighted by Gasteiger charge is 2.22. The monoisotopic (exact) mass is 282 g/mol. The molecule has 1 aromatic rings. The van der Waals surface area contributed by atoms with Gasteiger partial charge in [-0.2, -0.15) is 0 Å². The van der Waals surface area contributed by atoms with Gasteiger partial charge in [0.15, 0.2) is 0 Å². The van der Waals surface area contributed by atoms with Crippen LogP contribution < -0.4 is 10.5 Å². The van der Waals surface area contributed by atoms with Crippen molar-refractivity contribution in [3.8, 4) is 0 Å². The molecule has 6 heteroatoms. The molecule has 19 heavy (non-hydrogen) atoms. The number of rotatable bonds is 4. The summed E-state index contributed by atoms with van der Waals surface area (Å²) in [6.07, 6.45) is 3.44. The van der Waals surface area contributed by atoms with E-state index in [0.29, 0.717) is 12.5 Å². The quantitative estimate of drug-likeness (QED) is 0.868. The number of carbonyl (C=O) groups excluding carboxylic acids is 1. The molecule has 1 aliphatic rings. The third-order valence-corrected chi connectivity index (χ3v) is 4.43. The van der Waals surface area contributed by atoms with Gasteiger partial charge in [0.05, 0.1) is 10.5 Å². The minimum atomic E-state index is -3.89. The normalized spacial score (nSPS) is 15.9. The van der Waals surface area contributed by atoms with Gasteiger partial charge < -0.3 is 5.32 Å². The Bertz CT molecular complexity index is 592. The van der Waals surface area contributed by atoms with Crippen LogP contribution in [0.1, 0.15) is 35.2 Å². The van der Waals surface area contributed by atoms with Gasteiger partial charge in [0.25, 0.3) is 5.91 Å². The Morgan fingerprint density at radius 2 is 2.11 bits per heavy atom. The molecule has 0 aromatic heterocycles. The zero-order valence-electron chi connectivity index (χ0n) is 10.8. The molecule has 5 nitrogen and oxygen atoms in total. The highest BCUT2D eigenvalue weighted by molar-refractivity contribution is 7.89. The van der Waals surface area contributed by atoms with E-state index in [1.54, 1.807) is 19.1 Å². The molecule has 0 spiro atoms. The van der Waals surface area contributed by atoms with E-state index in [4.69, 9.17) is 5.14 Å². The van der Waals surface area contributed by atoms with Gasteiger partial charge in [-0.15, -0.1) is 0 Å². The number of amides is 1.